The van der Waals surface area contributed by atoms with Crippen LogP contribution < -0.4 is 0 Å². The van der Waals surface area contributed by atoms with E-state index >= 15 is 0 Å². The first kappa shape index (κ1) is 13.5. The molecule has 6 heteroatoms. The van der Waals surface area contributed by atoms with Crippen molar-refractivity contribution in [3.8, 4) is 0 Å². The fourth-order valence-electron chi connectivity index (χ4n) is 2.28. The van der Waals surface area contributed by atoms with E-state index in [0.717, 1.165) is 36.2 Å². The highest BCUT2D eigenvalue weighted by Gasteiger charge is 2.27. The van der Waals surface area contributed by atoms with E-state index in [1.54, 1.807) is 23.5 Å². The van der Waals surface area contributed by atoms with E-state index in [1.807, 2.05) is 23.2 Å². The van der Waals surface area contributed by atoms with Crippen molar-refractivity contribution in [3.63, 3.8) is 0 Å². The van der Waals surface area contributed by atoms with Gasteiger partial charge >= 0.3 is 0 Å². The highest BCUT2D eigenvalue weighted by atomic mass is 32.2. The molecule has 0 unspecified atom stereocenters. The number of hydrogen-bond acceptors (Lipinski definition) is 5. The standard InChI is InChI=1S/C13H16N2OS3/c1-9(19-13-14-4-7-18-13)12(16)15-5-2-11-10(8-15)3-6-17-11/h3,6,9H,2,4-5,7-8H2,1H3/t9-/m1/s1. The van der Waals surface area contributed by atoms with Crippen molar-refractivity contribution in [3.05, 3.63) is 21.9 Å². The molecule has 3 heterocycles. The van der Waals surface area contributed by atoms with Gasteiger partial charge < -0.3 is 4.90 Å². The second-order valence-electron chi connectivity index (χ2n) is 4.63. The molecule has 0 N–H and O–H groups in total. The van der Waals surface area contributed by atoms with Crippen molar-refractivity contribution in [1.82, 2.24) is 4.90 Å². The predicted molar refractivity (Wildman–Crippen MR) is 85.3 cm³/mol. The molecule has 0 aromatic carbocycles. The van der Waals surface area contributed by atoms with Crippen LogP contribution in [0.4, 0.5) is 0 Å². The fourth-order valence-corrected chi connectivity index (χ4v) is 5.38. The Bertz CT molecular complexity index is 512. The molecule has 0 aliphatic carbocycles. The van der Waals surface area contributed by atoms with E-state index in [1.165, 1.54) is 10.4 Å². The van der Waals surface area contributed by atoms with Crippen LogP contribution in [0.2, 0.25) is 0 Å². The maximum Gasteiger partial charge on any atom is 0.236 e. The molecule has 0 radical (unpaired) electrons. The molecule has 1 atom stereocenters. The smallest absolute Gasteiger partial charge is 0.236 e. The third kappa shape index (κ3) is 3.01. The van der Waals surface area contributed by atoms with Crippen LogP contribution in [-0.4, -0.2) is 39.3 Å². The monoisotopic (exact) mass is 312 g/mol. The van der Waals surface area contributed by atoms with Gasteiger partial charge in [-0.25, -0.2) is 0 Å². The van der Waals surface area contributed by atoms with E-state index in [0.29, 0.717) is 0 Å². The third-order valence-electron chi connectivity index (χ3n) is 3.30. The Morgan fingerprint density at radius 2 is 2.47 bits per heavy atom. The molecule has 1 aromatic heterocycles. The first-order valence-electron chi connectivity index (χ1n) is 6.42. The van der Waals surface area contributed by atoms with Crippen LogP contribution >= 0.6 is 34.9 Å². The molecule has 2 aliphatic heterocycles. The van der Waals surface area contributed by atoms with Gasteiger partial charge in [-0.15, -0.1) is 11.3 Å². The number of hydrogen-bond donors (Lipinski definition) is 0. The molecular weight excluding hydrogens is 296 g/mol. The van der Waals surface area contributed by atoms with E-state index in [2.05, 4.69) is 16.4 Å². The summed E-state index contributed by atoms with van der Waals surface area (Å²) >= 11 is 5.19. The van der Waals surface area contributed by atoms with Crippen LogP contribution in [0.1, 0.15) is 17.4 Å². The van der Waals surface area contributed by atoms with Crippen molar-refractivity contribution in [1.29, 1.82) is 0 Å². The summed E-state index contributed by atoms with van der Waals surface area (Å²) < 4.78 is 1.08. The Morgan fingerprint density at radius 3 is 3.26 bits per heavy atom. The van der Waals surface area contributed by atoms with Crippen LogP contribution in [0.5, 0.6) is 0 Å². The van der Waals surface area contributed by atoms with Crippen LogP contribution in [0.15, 0.2) is 16.4 Å². The summed E-state index contributed by atoms with van der Waals surface area (Å²) in [5, 5.41) is 2.10. The predicted octanol–water partition coefficient (Wildman–Crippen LogP) is 2.86. The molecule has 0 spiro atoms. The minimum absolute atomic E-state index is 0.0236. The Labute approximate surface area is 125 Å². The fraction of sp³-hybridized carbons (Fsp3) is 0.538. The molecule has 19 heavy (non-hydrogen) atoms. The highest BCUT2D eigenvalue weighted by molar-refractivity contribution is 8.39. The molecule has 3 nitrogen and oxygen atoms in total. The van der Waals surface area contributed by atoms with Crippen molar-refractivity contribution in [2.24, 2.45) is 4.99 Å². The van der Waals surface area contributed by atoms with Gasteiger partial charge in [-0.05, 0) is 30.4 Å². The Hall–Kier alpha value is -0.460. The average molecular weight is 312 g/mol. The minimum Gasteiger partial charge on any atom is -0.337 e. The highest BCUT2D eigenvalue weighted by Crippen LogP contribution is 2.29. The molecule has 0 saturated heterocycles. The number of thioether (sulfide) groups is 2. The van der Waals surface area contributed by atoms with Crippen LogP contribution in [-0.2, 0) is 17.8 Å². The summed E-state index contributed by atoms with van der Waals surface area (Å²) in [6.45, 7) is 4.53. The summed E-state index contributed by atoms with van der Waals surface area (Å²) in [5.74, 6) is 1.31. The zero-order valence-corrected chi connectivity index (χ0v) is 13.2. The van der Waals surface area contributed by atoms with Gasteiger partial charge in [0.05, 0.1) is 11.8 Å². The maximum atomic E-state index is 12.5. The van der Waals surface area contributed by atoms with Crippen molar-refractivity contribution in [2.75, 3.05) is 18.8 Å². The Morgan fingerprint density at radius 1 is 1.58 bits per heavy atom. The van der Waals surface area contributed by atoms with Gasteiger partial charge in [-0.1, -0.05) is 23.5 Å². The van der Waals surface area contributed by atoms with Gasteiger partial charge in [0.15, 0.2) is 0 Å². The Balaban J connectivity index is 1.61. The lowest BCUT2D eigenvalue weighted by Gasteiger charge is -2.29. The molecular formula is C13H16N2OS3. The third-order valence-corrected chi connectivity index (χ3v) is 6.62. The van der Waals surface area contributed by atoms with E-state index < -0.39 is 0 Å². The quantitative estimate of drug-likeness (QED) is 0.842. The molecule has 3 rings (SSSR count). The minimum atomic E-state index is -0.0236. The van der Waals surface area contributed by atoms with E-state index in [9.17, 15) is 4.79 Å². The number of nitrogens with zero attached hydrogens (tertiary/aromatic N) is 2. The zero-order valence-electron chi connectivity index (χ0n) is 10.8. The summed E-state index contributed by atoms with van der Waals surface area (Å²) in [6, 6.07) is 2.15. The molecule has 102 valence electrons. The molecule has 1 amide bonds. The first-order valence-corrected chi connectivity index (χ1v) is 9.16. The number of amides is 1. The van der Waals surface area contributed by atoms with Crippen LogP contribution in [0.3, 0.4) is 0 Å². The van der Waals surface area contributed by atoms with Crippen LogP contribution in [0, 0.1) is 0 Å². The SMILES string of the molecule is C[C@@H](SC1=NCCS1)C(=O)N1CCc2sccc2C1. The van der Waals surface area contributed by atoms with Crippen molar-refractivity contribution in [2.45, 2.75) is 25.1 Å². The van der Waals surface area contributed by atoms with Crippen molar-refractivity contribution < 1.29 is 4.79 Å². The summed E-state index contributed by atoms with van der Waals surface area (Å²) in [6.07, 6.45) is 1.01. The molecule has 0 saturated carbocycles. The second-order valence-corrected chi connectivity index (χ2v) is 8.31. The Kier molecular flexibility index (Phi) is 4.19. The number of aliphatic imine (C=N–C) groups is 1. The summed E-state index contributed by atoms with van der Waals surface area (Å²) in [4.78, 5) is 20.3. The average Bonchev–Trinajstić information content (AvgIpc) is 3.07. The number of rotatable bonds is 2. The maximum absolute atomic E-state index is 12.5. The number of thiophene rings is 1. The molecule has 2 aliphatic rings. The van der Waals surface area contributed by atoms with Gasteiger partial charge in [0.1, 0.15) is 4.38 Å². The van der Waals surface area contributed by atoms with Gasteiger partial charge in [0.25, 0.3) is 0 Å². The molecule has 1 aromatic rings. The van der Waals surface area contributed by atoms with Gasteiger partial charge in [0, 0.05) is 23.7 Å². The lowest BCUT2D eigenvalue weighted by atomic mass is 10.1. The second kappa shape index (κ2) is 5.89. The number of carbonyl (C=O) groups excluding carboxylic acids is 1. The normalized spacial score (nSPS) is 20.1. The van der Waals surface area contributed by atoms with E-state index in [4.69, 9.17) is 0 Å². The summed E-state index contributed by atoms with van der Waals surface area (Å²) in [7, 11) is 0. The topological polar surface area (TPSA) is 32.7 Å². The van der Waals surface area contributed by atoms with Crippen molar-refractivity contribution >= 4 is 45.1 Å². The first-order chi connectivity index (χ1) is 9.24. The zero-order chi connectivity index (χ0) is 13.2. The van der Waals surface area contributed by atoms with Gasteiger partial charge in [-0.3, -0.25) is 9.79 Å². The number of carbonyl (C=O) groups is 1. The molecule has 0 fully saturated rings. The summed E-state index contributed by atoms with van der Waals surface area (Å²) in [5.41, 5.74) is 1.33. The van der Waals surface area contributed by atoms with Gasteiger partial charge in [-0.2, -0.15) is 0 Å². The van der Waals surface area contributed by atoms with E-state index in [-0.39, 0.29) is 11.2 Å². The number of fused-ring (bicyclic) bond motifs is 1. The van der Waals surface area contributed by atoms with Gasteiger partial charge in [0.2, 0.25) is 5.91 Å². The largest absolute Gasteiger partial charge is 0.337 e. The lowest BCUT2D eigenvalue weighted by Crippen LogP contribution is -2.39. The van der Waals surface area contributed by atoms with Crippen LogP contribution in [0.25, 0.3) is 0 Å². The molecule has 0 bridgehead atoms. The lowest BCUT2D eigenvalue weighted by molar-refractivity contribution is -0.131.